The minimum atomic E-state index is -0.522. The minimum Gasteiger partial charge on any atom is -0.487 e. The number of hydrogen-bond donors (Lipinski definition) is 1. The second kappa shape index (κ2) is 7.63. The van der Waals surface area contributed by atoms with E-state index in [2.05, 4.69) is 31.4 Å². The topological polar surface area (TPSA) is 82.0 Å². The van der Waals surface area contributed by atoms with E-state index in [1.165, 1.54) is 0 Å². The Hall–Kier alpha value is -1.83. The lowest BCUT2D eigenvalue weighted by Crippen LogP contribution is -2.35. The Morgan fingerprint density at radius 3 is 3.00 bits per heavy atom. The van der Waals surface area contributed by atoms with Gasteiger partial charge < -0.3 is 19.6 Å². The van der Waals surface area contributed by atoms with E-state index < -0.39 is 11.7 Å². The van der Waals surface area contributed by atoms with Crippen molar-refractivity contribution in [2.75, 3.05) is 13.2 Å². The highest BCUT2D eigenvalue weighted by Crippen LogP contribution is 2.22. The van der Waals surface area contributed by atoms with Gasteiger partial charge >= 0.3 is 6.09 Å². The second-order valence-electron chi connectivity index (χ2n) is 6.05. The summed E-state index contributed by atoms with van der Waals surface area (Å²) in [6, 6.07) is 3.61. The molecule has 0 bridgehead atoms. The third-order valence-electron chi connectivity index (χ3n) is 2.78. The smallest absolute Gasteiger partial charge is 0.407 e. The van der Waals surface area contributed by atoms with Gasteiger partial charge in [0.2, 0.25) is 0 Å². The first kappa shape index (κ1) is 17.5. The molecule has 0 saturated heterocycles. The maximum Gasteiger partial charge on any atom is 0.407 e. The van der Waals surface area contributed by atoms with Crippen molar-refractivity contribution >= 4 is 27.7 Å². The number of oxime groups is 1. The van der Waals surface area contributed by atoms with Crippen LogP contribution in [0.1, 0.15) is 27.2 Å². The molecule has 0 spiro atoms. The van der Waals surface area contributed by atoms with E-state index in [0.717, 1.165) is 5.71 Å². The molecule has 1 amide bonds. The molecule has 1 atom stereocenters. The lowest BCUT2D eigenvalue weighted by atomic mass is 10.2. The molecule has 0 fully saturated rings. The fraction of sp³-hybridized carbons (Fsp3) is 0.533. The van der Waals surface area contributed by atoms with Gasteiger partial charge in [-0.05, 0) is 48.8 Å². The number of carbonyl (C=O) groups is 1. The lowest BCUT2D eigenvalue weighted by molar-refractivity contribution is 0.0467. The second-order valence-corrected chi connectivity index (χ2v) is 6.80. The third kappa shape index (κ3) is 6.05. The van der Waals surface area contributed by atoms with Crippen LogP contribution in [0.3, 0.4) is 0 Å². The van der Waals surface area contributed by atoms with Gasteiger partial charge in [-0.1, -0.05) is 5.16 Å². The van der Waals surface area contributed by atoms with Crippen LogP contribution in [0.4, 0.5) is 4.79 Å². The Balaban J connectivity index is 1.70. The number of hydrogen-bond acceptors (Lipinski definition) is 6. The lowest BCUT2D eigenvalue weighted by Gasteiger charge is -2.19. The van der Waals surface area contributed by atoms with E-state index in [0.29, 0.717) is 29.9 Å². The molecule has 1 aliphatic rings. The number of halogens is 1. The predicted molar refractivity (Wildman–Crippen MR) is 88.6 cm³/mol. The van der Waals surface area contributed by atoms with Crippen LogP contribution in [0, 0.1) is 0 Å². The normalized spacial score (nSPS) is 17.2. The number of ether oxygens (including phenoxy) is 2. The molecule has 0 radical (unpaired) electrons. The van der Waals surface area contributed by atoms with Crippen LogP contribution in [-0.2, 0) is 9.57 Å². The van der Waals surface area contributed by atoms with Crippen molar-refractivity contribution in [3.05, 3.63) is 22.9 Å². The summed E-state index contributed by atoms with van der Waals surface area (Å²) in [5.74, 6) is 0.649. The molecular formula is C15H20BrN3O4. The van der Waals surface area contributed by atoms with Crippen molar-refractivity contribution in [1.29, 1.82) is 0 Å². The van der Waals surface area contributed by atoms with Crippen molar-refractivity contribution in [2.45, 2.75) is 38.9 Å². The van der Waals surface area contributed by atoms with E-state index in [1.54, 1.807) is 12.3 Å². The highest BCUT2D eigenvalue weighted by molar-refractivity contribution is 9.10. The Morgan fingerprint density at radius 1 is 1.52 bits per heavy atom. The molecule has 23 heavy (non-hydrogen) atoms. The molecule has 1 aromatic rings. The molecule has 8 heteroatoms. The summed E-state index contributed by atoms with van der Waals surface area (Å²) in [5.41, 5.74) is 0.223. The molecule has 0 aliphatic carbocycles. The van der Waals surface area contributed by atoms with Gasteiger partial charge in [-0.3, -0.25) is 0 Å². The van der Waals surface area contributed by atoms with Gasteiger partial charge in [-0.2, -0.15) is 0 Å². The van der Waals surface area contributed by atoms with Gasteiger partial charge in [0.05, 0.1) is 12.3 Å². The largest absolute Gasteiger partial charge is 0.487 e. The Kier molecular flexibility index (Phi) is 5.81. The Morgan fingerprint density at radius 2 is 2.30 bits per heavy atom. The molecule has 0 saturated carbocycles. The SMILES string of the molecule is CC(C)(C)OC(=O)NCC1=NOC(COc2cccnc2Br)C1. The summed E-state index contributed by atoms with van der Waals surface area (Å²) in [4.78, 5) is 21.0. The monoisotopic (exact) mass is 385 g/mol. The molecule has 1 unspecified atom stereocenters. The quantitative estimate of drug-likeness (QED) is 0.787. The maximum absolute atomic E-state index is 11.6. The number of alkyl carbamates (subject to hydrolysis) is 1. The van der Waals surface area contributed by atoms with Crippen molar-refractivity contribution in [1.82, 2.24) is 10.3 Å². The van der Waals surface area contributed by atoms with Gasteiger partial charge in [-0.15, -0.1) is 0 Å². The first-order valence-electron chi connectivity index (χ1n) is 7.25. The van der Waals surface area contributed by atoms with E-state index >= 15 is 0 Å². The molecule has 126 valence electrons. The third-order valence-corrected chi connectivity index (χ3v) is 3.37. The molecule has 2 rings (SSSR count). The summed E-state index contributed by atoms with van der Waals surface area (Å²) >= 11 is 3.32. The van der Waals surface area contributed by atoms with E-state index in [9.17, 15) is 4.79 Å². The Labute approximate surface area is 143 Å². The van der Waals surface area contributed by atoms with Gasteiger partial charge in [-0.25, -0.2) is 9.78 Å². The first-order chi connectivity index (χ1) is 10.8. The van der Waals surface area contributed by atoms with E-state index in [1.807, 2.05) is 26.8 Å². The van der Waals surface area contributed by atoms with Crippen molar-refractivity contribution in [2.24, 2.45) is 5.16 Å². The number of pyridine rings is 1. The van der Waals surface area contributed by atoms with Gasteiger partial charge in [0.25, 0.3) is 0 Å². The van der Waals surface area contributed by atoms with Crippen molar-refractivity contribution in [3.63, 3.8) is 0 Å². The van der Waals surface area contributed by atoms with E-state index in [4.69, 9.17) is 14.3 Å². The van der Waals surface area contributed by atoms with Crippen LogP contribution in [0.5, 0.6) is 5.75 Å². The Bertz CT molecular complexity index is 586. The van der Waals surface area contributed by atoms with Crippen LogP contribution < -0.4 is 10.1 Å². The molecule has 0 aromatic carbocycles. The summed E-state index contributed by atoms with van der Waals surface area (Å²) < 4.78 is 11.4. The fourth-order valence-electron chi connectivity index (χ4n) is 1.83. The van der Waals surface area contributed by atoms with Crippen molar-refractivity contribution < 1.29 is 19.1 Å². The maximum atomic E-state index is 11.6. The number of nitrogens with zero attached hydrogens (tertiary/aromatic N) is 2. The van der Waals surface area contributed by atoms with Gasteiger partial charge in [0.1, 0.15) is 16.8 Å². The first-order valence-corrected chi connectivity index (χ1v) is 8.04. The zero-order valence-electron chi connectivity index (χ0n) is 13.3. The summed E-state index contributed by atoms with van der Waals surface area (Å²) in [7, 11) is 0. The molecular weight excluding hydrogens is 366 g/mol. The van der Waals surface area contributed by atoms with Crippen LogP contribution in [0.25, 0.3) is 0 Å². The fourth-order valence-corrected chi connectivity index (χ4v) is 2.20. The number of rotatable bonds is 5. The van der Waals surface area contributed by atoms with Crippen molar-refractivity contribution in [3.8, 4) is 5.75 Å². The van der Waals surface area contributed by atoms with Crippen LogP contribution in [0.2, 0.25) is 0 Å². The number of carbonyl (C=O) groups excluding carboxylic acids is 1. The average Bonchev–Trinajstić information content (AvgIpc) is 2.90. The average molecular weight is 386 g/mol. The highest BCUT2D eigenvalue weighted by Gasteiger charge is 2.23. The highest BCUT2D eigenvalue weighted by atomic mass is 79.9. The number of amides is 1. The minimum absolute atomic E-state index is 0.183. The molecule has 7 nitrogen and oxygen atoms in total. The van der Waals surface area contributed by atoms with E-state index in [-0.39, 0.29) is 6.10 Å². The predicted octanol–water partition coefficient (Wildman–Crippen LogP) is 2.89. The summed E-state index contributed by atoms with van der Waals surface area (Å²) in [6.07, 6.45) is 1.61. The van der Waals surface area contributed by atoms with Crippen LogP contribution in [-0.4, -0.2) is 41.6 Å². The van der Waals surface area contributed by atoms with Gasteiger partial charge in [0.15, 0.2) is 11.9 Å². The molecule has 1 aliphatic heterocycles. The van der Waals surface area contributed by atoms with Crippen LogP contribution in [0.15, 0.2) is 28.1 Å². The number of aromatic nitrogens is 1. The summed E-state index contributed by atoms with van der Waals surface area (Å²) in [5, 5.41) is 6.61. The molecule has 1 N–H and O–H groups in total. The van der Waals surface area contributed by atoms with Crippen LogP contribution >= 0.6 is 15.9 Å². The molecule has 2 heterocycles. The standard InChI is InChI=1S/C15H20BrN3O4/c1-15(2,3)22-14(20)18-8-10-7-11(23-19-10)9-21-12-5-4-6-17-13(12)16/h4-6,11H,7-9H2,1-3H3,(H,18,20). The number of nitrogens with one attached hydrogen (secondary N) is 1. The summed E-state index contributed by atoms with van der Waals surface area (Å²) in [6.45, 7) is 6.08. The van der Waals surface area contributed by atoms with Gasteiger partial charge in [0, 0.05) is 12.6 Å². The molecule has 1 aromatic heterocycles. The zero-order valence-corrected chi connectivity index (χ0v) is 14.9. The zero-order chi connectivity index (χ0) is 16.9.